The van der Waals surface area contributed by atoms with Gasteiger partial charge in [-0.25, -0.2) is 0 Å². The Labute approximate surface area is 158 Å². The fraction of sp³-hybridized carbons (Fsp3) is 0.727. The number of ether oxygens (including phenoxy) is 3. The van der Waals surface area contributed by atoms with Gasteiger partial charge in [-0.2, -0.15) is 0 Å². The lowest BCUT2D eigenvalue weighted by atomic mass is 9.47. The van der Waals surface area contributed by atoms with Gasteiger partial charge in [0, 0.05) is 35.9 Å². The molecular formula is C22H35NO3. The largest absolute Gasteiger partial charge is 0.493 e. The van der Waals surface area contributed by atoms with Gasteiger partial charge in [0.05, 0.1) is 19.8 Å². The van der Waals surface area contributed by atoms with Gasteiger partial charge in [-0.05, 0) is 23.0 Å². The summed E-state index contributed by atoms with van der Waals surface area (Å²) in [5, 5.41) is 0. The van der Waals surface area contributed by atoms with E-state index in [9.17, 15) is 0 Å². The van der Waals surface area contributed by atoms with Gasteiger partial charge in [0.1, 0.15) is 5.75 Å². The van der Waals surface area contributed by atoms with Crippen molar-refractivity contribution in [2.24, 2.45) is 22.2 Å². The minimum Gasteiger partial charge on any atom is -0.493 e. The van der Waals surface area contributed by atoms with Crippen molar-refractivity contribution in [2.75, 3.05) is 25.6 Å². The first-order valence-electron chi connectivity index (χ1n) is 9.75. The van der Waals surface area contributed by atoms with E-state index in [2.05, 4.69) is 41.5 Å². The predicted octanol–water partition coefficient (Wildman–Crippen LogP) is 4.88. The predicted molar refractivity (Wildman–Crippen MR) is 105 cm³/mol. The molecule has 1 aliphatic carbocycles. The molecule has 1 aromatic carbocycles. The molecule has 4 nitrogen and oxygen atoms in total. The molecular weight excluding hydrogens is 326 g/mol. The van der Waals surface area contributed by atoms with E-state index in [4.69, 9.17) is 19.9 Å². The average Bonchev–Trinajstić information content (AvgIpc) is 2.53. The van der Waals surface area contributed by atoms with E-state index >= 15 is 0 Å². The summed E-state index contributed by atoms with van der Waals surface area (Å²) < 4.78 is 18.8. The van der Waals surface area contributed by atoms with Crippen molar-refractivity contribution in [1.29, 1.82) is 0 Å². The Morgan fingerprint density at radius 2 is 1.62 bits per heavy atom. The highest BCUT2D eigenvalue weighted by Gasteiger charge is 2.62. The van der Waals surface area contributed by atoms with Crippen LogP contribution in [-0.2, 0) is 9.47 Å². The molecule has 146 valence electrons. The van der Waals surface area contributed by atoms with Gasteiger partial charge < -0.3 is 19.9 Å². The quantitative estimate of drug-likeness (QED) is 0.780. The third-order valence-electron chi connectivity index (χ3n) is 7.06. The van der Waals surface area contributed by atoms with E-state index in [0.29, 0.717) is 12.5 Å². The maximum absolute atomic E-state index is 6.28. The van der Waals surface area contributed by atoms with Crippen molar-refractivity contribution in [3.8, 4) is 5.75 Å². The molecule has 0 atom stereocenters. The van der Waals surface area contributed by atoms with E-state index in [1.165, 1.54) is 0 Å². The molecule has 1 aromatic rings. The second kappa shape index (κ2) is 6.42. The monoisotopic (exact) mass is 361 g/mol. The molecule has 1 spiro atoms. The molecule has 1 aliphatic heterocycles. The molecule has 2 N–H and O–H groups in total. The van der Waals surface area contributed by atoms with Crippen LogP contribution < -0.4 is 10.5 Å². The zero-order valence-corrected chi connectivity index (χ0v) is 17.2. The summed E-state index contributed by atoms with van der Waals surface area (Å²) in [6.45, 7) is 16.0. The molecule has 2 fully saturated rings. The molecule has 0 radical (unpaired) electrons. The van der Waals surface area contributed by atoms with Gasteiger partial charge in [0.2, 0.25) is 0 Å². The molecule has 0 amide bonds. The van der Waals surface area contributed by atoms with Crippen LogP contribution in [0.5, 0.6) is 5.75 Å². The SMILES string of the molecule is CC1COC2(CC(C)(C)C(C)(COc3cccc(N)c3)C(C)(C)C2)OC1. The lowest BCUT2D eigenvalue weighted by molar-refractivity contribution is -0.341. The second-order valence-corrected chi connectivity index (χ2v) is 9.95. The van der Waals surface area contributed by atoms with Crippen LogP contribution in [0.3, 0.4) is 0 Å². The van der Waals surface area contributed by atoms with Gasteiger partial charge in [-0.15, -0.1) is 0 Å². The Morgan fingerprint density at radius 3 is 2.15 bits per heavy atom. The maximum atomic E-state index is 6.28. The first kappa shape index (κ1) is 19.5. The highest BCUT2D eigenvalue weighted by atomic mass is 16.7. The molecule has 1 heterocycles. The normalized spacial score (nSPS) is 36.0. The van der Waals surface area contributed by atoms with Gasteiger partial charge in [-0.1, -0.05) is 47.6 Å². The molecule has 1 saturated heterocycles. The summed E-state index contributed by atoms with van der Waals surface area (Å²) in [4.78, 5) is 0. The van der Waals surface area contributed by atoms with Crippen molar-refractivity contribution >= 4 is 5.69 Å². The molecule has 0 bridgehead atoms. The Kier molecular flexibility index (Phi) is 4.81. The number of nitrogens with two attached hydrogens (primary N) is 1. The second-order valence-electron chi connectivity index (χ2n) is 9.95. The fourth-order valence-corrected chi connectivity index (χ4v) is 4.82. The van der Waals surface area contributed by atoms with Crippen molar-refractivity contribution in [1.82, 2.24) is 0 Å². The fourth-order valence-electron chi connectivity index (χ4n) is 4.82. The van der Waals surface area contributed by atoms with Crippen LogP contribution >= 0.6 is 0 Å². The van der Waals surface area contributed by atoms with Crippen LogP contribution in [0.15, 0.2) is 24.3 Å². The molecule has 0 aromatic heterocycles. The van der Waals surface area contributed by atoms with Crippen LogP contribution in [0.1, 0.15) is 54.4 Å². The first-order chi connectivity index (χ1) is 12.0. The summed E-state index contributed by atoms with van der Waals surface area (Å²) in [7, 11) is 0. The smallest absolute Gasteiger partial charge is 0.169 e. The van der Waals surface area contributed by atoms with Gasteiger partial charge in [-0.3, -0.25) is 0 Å². The van der Waals surface area contributed by atoms with Crippen LogP contribution in [-0.4, -0.2) is 25.6 Å². The topological polar surface area (TPSA) is 53.7 Å². The third kappa shape index (κ3) is 3.34. The van der Waals surface area contributed by atoms with Crippen LogP contribution in [0, 0.1) is 22.2 Å². The van der Waals surface area contributed by atoms with Gasteiger partial charge >= 0.3 is 0 Å². The van der Waals surface area contributed by atoms with Crippen molar-refractivity contribution in [3.05, 3.63) is 24.3 Å². The highest BCUT2D eigenvalue weighted by Crippen LogP contribution is 2.63. The summed E-state index contributed by atoms with van der Waals surface area (Å²) in [6, 6.07) is 7.68. The highest BCUT2D eigenvalue weighted by molar-refractivity contribution is 5.43. The van der Waals surface area contributed by atoms with Gasteiger partial charge in [0.15, 0.2) is 5.79 Å². The Balaban J connectivity index is 1.82. The number of rotatable bonds is 3. The maximum Gasteiger partial charge on any atom is 0.169 e. The van der Waals surface area contributed by atoms with Crippen LogP contribution in [0.25, 0.3) is 0 Å². The van der Waals surface area contributed by atoms with E-state index in [1.807, 2.05) is 24.3 Å². The number of hydrogen-bond acceptors (Lipinski definition) is 4. The number of hydrogen-bond donors (Lipinski definition) is 1. The zero-order valence-electron chi connectivity index (χ0n) is 17.2. The molecule has 4 heteroatoms. The van der Waals surface area contributed by atoms with E-state index in [-0.39, 0.29) is 16.2 Å². The molecule has 2 aliphatic rings. The zero-order chi connectivity index (χ0) is 19.2. The van der Waals surface area contributed by atoms with Crippen molar-refractivity contribution in [3.63, 3.8) is 0 Å². The summed E-state index contributed by atoms with van der Waals surface area (Å²) >= 11 is 0. The van der Waals surface area contributed by atoms with E-state index < -0.39 is 5.79 Å². The first-order valence-corrected chi connectivity index (χ1v) is 9.75. The summed E-state index contributed by atoms with van der Waals surface area (Å²) in [5.41, 5.74) is 6.58. The van der Waals surface area contributed by atoms with Crippen molar-refractivity contribution in [2.45, 2.75) is 60.2 Å². The Bertz CT molecular complexity index is 625. The van der Waals surface area contributed by atoms with Crippen LogP contribution in [0.4, 0.5) is 5.69 Å². The standard InChI is InChI=1S/C22H35NO3/c1-16-11-25-22(26-12-16)13-19(2,3)21(6,20(4,5)14-22)15-24-18-9-7-8-17(23)10-18/h7-10,16H,11-15,23H2,1-6H3. The summed E-state index contributed by atoms with van der Waals surface area (Å²) in [6.07, 6.45) is 1.76. The van der Waals surface area contributed by atoms with Crippen LogP contribution in [0.2, 0.25) is 0 Å². The average molecular weight is 362 g/mol. The van der Waals surface area contributed by atoms with E-state index in [1.54, 1.807) is 0 Å². The van der Waals surface area contributed by atoms with Crippen molar-refractivity contribution < 1.29 is 14.2 Å². The number of nitrogen functional groups attached to an aromatic ring is 1. The third-order valence-corrected chi connectivity index (χ3v) is 7.06. The Hall–Kier alpha value is -1.26. The van der Waals surface area contributed by atoms with E-state index in [0.717, 1.165) is 37.5 Å². The minimum absolute atomic E-state index is 0.00431. The minimum atomic E-state index is -0.462. The number of anilines is 1. The lowest BCUT2D eigenvalue weighted by Crippen LogP contribution is -2.63. The molecule has 26 heavy (non-hydrogen) atoms. The molecule has 3 rings (SSSR count). The van der Waals surface area contributed by atoms with Gasteiger partial charge in [0.25, 0.3) is 0 Å². The molecule has 1 saturated carbocycles. The molecule has 0 unspecified atom stereocenters. The summed E-state index contributed by atoms with van der Waals surface area (Å²) in [5.74, 6) is 0.833. The lowest BCUT2D eigenvalue weighted by Gasteiger charge is -2.63. The Morgan fingerprint density at radius 1 is 1.04 bits per heavy atom. The number of benzene rings is 1.